The molecule has 0 spiro atoms. The lowest BCUT2D eigenvalue weighted by atomic mass is 10.1. The molecule has 0 aliphatic heterocycles. The van der Waals surface area contributed by atoms with E-state index in [-0.39, 0.29) is 28.8 Å². The number of rotatable bonds is 4. The third kappa shape index (κ3) is 5.42. The van der Waals surface area contributed by atoms with Gasteiger partial charge >= 0.3 is 5.51 Å². The molecule has 0 bridgehead atoms. The van der Waals surface area contributed by atoms with Crippen LogP contribution in [0.25, 0.3) is 0 Å². The van der Waals surface area contributed by atoms with E-state index < -0.39 is 17.0 Å². The van der Waals surface area contributed by atoms with Crippen molar-refractivity contribution in [2.45, 2.75) is 29.9 Å². The molecular formula is C13H16F3NO2S. The van der Waals surface area contributed by atoms with Gasteiger partial charge in [0.05, 0.1) is 11.2 Å². The van der Waals surface area contributed by atoms with Gasteiger partial charge in [0.25, 0.3) is 5.91 Å². The first-order valence-corrected chi connectivity index (χ1v) is 6.64. The fraction of sp³-hybridized carbons (Fsp3) is 0.462. The third-order valence-corrected chi connectivity index (χ3v) is 3.12. The first-order chi connectivity index (χ1) is 8.99. The summed E-state index contributed by atoms with van der Waals surface area (Å²) in [7, 11) is 1.44. The maximum absolute atomic E-state index is 12.5. The van der Waals surface area contributed by atoms with E-state index in [2.05, 4.69) is 0 Å². The standard InChI is InChI=1S/C13H16F3NO2S/c1-12(2,19)8-17(3)11(18)9-6-4-5-7-10(9)20-13(14,15)16/h4-7,19H,8H2,1-3H3. The number of amides is 1. The van der Waals surface area contributed by atoms with Gasteiger partial charge in [-0.3, -0.25) is 4.79 Å². The van der Waals surface area contributed by atoms with Crippen LogP contribution < -0.4 is 0 Å². The summed E-state index contributed by atoms with van der Waals surface area (Å²) in [6.45, 7) is 3.07. The van der Waals surface area contributed by atoms with Gasteiger partial charge in [-0.1, -0.05) is 12.1 Å². The van der Waals surface area contributed by atoms with Crippen molar-refractivity contribution in [3.8, 4) is 0 Å². The SMILES string of the molecule is CN(CC(C)(C)O)C(=O)c1ccccc1SC(F)(F)F. The normalized spacial score (nSPS) is 12.3. The summed E-state index contributed by atoms with van der Waals surface area (Å²) in [6, 6.07) is 5.55. The number of hydrogen-bond acceptors (Lipinski definition) is 3. The fourth-order valence-corrected chi connectivity index (χ4v) is 2.38. The molecule has 0 unspecified atom stereocenters. The number of carbonyl (C=O) groups excluding carboxylic acids is 1. The van der Waals surface area contributed by atoms with Gasteiger partial charge in [-0.05, 0) is 37.7 Å². The summed E-state index contributed by atoms with van der Waals surface area (Å²) < 4.78 is 37.4. The van der Waals surface area contributed by atoms with Crippen LogP contribution in [-0.2, 0) is 0 Å². The lowest BCUT2D eigenvalue weighted by molar-refractivity contribution is -0.0328. The highest BCUT2D eigenvalue weighted by atomic mass is 32.2. The van der Waals surface area contributed by atoms with Crippen LogP contribution in [0.3, 0.4) is 0 Å². The number of benzene rings is 1. The minimum absolute atomic E-state index is 0.0247. The Kier molecular flexibility index (Phi) is 5.10. The van der Waals surface area contributed by atoms with Crippen LogP contribution in [-0.4, -0.2) is 40.6 Å². The second-order valence-electron chi connectivity index (χ2n) is 5.02. The van der Waals surface area contributed by atoms with Crippen LogP contribution in [0.5, 0.6) is 0 Å². The van der Waals surface area contributed by atoms with E-state index in [9.17, 15) is 23.1 Å². The quantitative estimate of drug-likeness (QED) is 0.869. The smallest absolute Gasteiger partial charge is 0.389 e. The van der Waals surface area contributed by atoms with E-state index in [1.165, 1.54) is 50.1 Å². The van der Waals surface area contributed by atoms with Gasteiger partial charge < -0.3 is 10.0 Å². The van der Waals surface area contributed by atoms with E-state index in [0.717, 1.165) is 0 Å². The van der Waals surface area contributed by atoms with Gasteiger partial charge in [-0.15, -0.1) is 0 Å². The molecule has 0 radical (unpaired) electrons. The molecule has 1 N–H and O–H groups in total. The van der Waals surface area contributed by atoms with Crippen LogP contribution in [0.4, 0.5) is 13.2 Å². The predicted octanol–water partition coefficient (Wildman–Crippen LogP) is 3.14. The Labute approximate surface area is 119 Å². The molecule has 0 heterocycles. The van der Waals surface area contributed by atoms with Crippen molar-refractivity contribution >= 4 is 17.7 Å². The lowest BCUT2D eigenvalue weighted by Gasteiger charge is -2.26. The monoisotopic (exact) mass is 307 g/mol. The Morgan fingerprint density at radius 2 is 1.85 bits per heavy atom. The molecule has 20 heavy (non-hydrogen) atoms. The van der Waals surface area contributed by atoms with Crippen molar-refractivity contribution in [2.75, 3.05) is 13.6 Å². The highest BCUT2D eigenvalue weighted by Gasteiger charge is 2.32. The fourth-order valence-electron chi connectivity index (χ4n) is 1.71. The summed E-state index contributed by atoms with van der Waals surface area (Å²) >= 11 is -0.319. The van der Waals surface area contributed by atoms with Crippen molar-refractivity contribution in [3.63, 3.8) is 0 Å². The van der Waals surface area contributed by atoms with E-state index >= 15 is 0 Å². The molecule has 0 saturated carbocycles. The Morgan fingerprint density at radius 1 is 1.30 bits per heavy atom. The van der Waals surface area contributed by atoms with Gasteiger partial charge in [-0.25, -0.2) is 0 Å². The second-order valence-corrected chi connectivity index (χ2v) is 6.12. The first-order valence-electron chi connectivity index (χ1n) is 5.82. The largest absolute Gasteiger partial charge is 0.446 e. The number of carbonyl (C=O) groups is 1. The van der Waals surface area contributed by atoms with Crippen molar-refractivity contribution in [1.82, 2.24) is 4.90 Å². The van der Waals surface area contributed by atoms with Gasteiger partial charge in [-0.2, -0.15) is 13.2 Å². The van der Waals surface area contributed by atoms with Crippen LogP contribution in [0.2, 0.25) is 0 Å². The van der Waals surface area contributed by atoms with E-state index in [1.807, 2.05) is 0 Å². The molecule has 0 saturated heterocycles. The van der Waals surface area contributed by atoms with E-state index in [4.69, 9.17) is 0 Å². The molecule has 1 aromatic rings. The maximum Gasteiger partial charge on any atom is 0.446 e. The molecule has 0 aliphatic rings. The molecule has 0 atom stereocenters. The molecule has 0 fully saturated rings. The third-order valence-electron chi connectivity index (χ3n) is 2.31. The lowest BCUT2D eigenvalue weighted by Crippen LogP contribution is -2.39. The molecular weight excluding hydrogens is 291 g/mol. The van der Waals surface area contributed by atoms with Gasteiger partial charge in [0.15, 0.2) is 0 Å². The summed E-state index contributed by atoms with van der Waals surface area (Å²) in [5.41, 5.74) is -5.59. The summed E-state index contributed by atoms with van der Waals surface area (Å²) in [5, 5.41) is 9.66. The molecule has 1 rings (SSSR count). The average Bonchev–Trinajstić information content (AvgIpc) is 2.24. The number of nitrogens with zero attached hydrogens (tertiary/aromatic N) is 1. The Morgan fingerprint density at radius 3 is 2.35 bits per heavy atom. The minimum Gasteiger partial charge on any atom is -0.389 e. The zero-order valence-corrected chi connectivity index (χ0v) is 12.2. The molecule has 1 aromatic carbocycles. The summed E-state index contributed by atoms with van der Waals surface area (Å²) in [6.07, 6.45) is 0. The van der Waals surface area contributed by atoms with Crippen molar-refractivity contribution in [3.05, 3.63) is 29.8 Å². The van der Waals surface area contributed by atoms with Crippen molar-refractivity contribution in [2.24, 2.45) is 0 Å². The molecule has 0 aliphatic carbocycles. The highest BCUT2D eigenvalue weighted by molar-refractivity contribution is 8.00. The topological polar surface area (TPSA) is 40.5 Å². The molecule has 1 amide bonds. The Bertz CT molecular complexity index is 483. The zero-order valence-electron chi connectivity index (χ0n) is 11.4. The molecule has 3 nitrogen and oxygen atoms in total. The molecule has 0 aromatic heterocycles. The van der Waals surface area contributed by atoms with Crippen LogP contribution >= 0.6 is 11.8 Å². The first kappa shape index (κ1) is 16.8. The number of aliphatic hydroxyl groups is 1. The predicted molar refractivity (Wildman–Crippen MR) is 71.6 cm³/mol. The van der Waals surface area contributed by atoms with Crippen molar-refractivity contribution in [1.29, 1.82) is 0 Å². The minimum atomic E-state index is -4.45. The summed E-state index contributed by atoms with van der Waals surface area (Å²) in [4.78, 5) is 13.2. The average molecular weight is 307 g/mol. The van der Waals surface area contributed by atoms with E-state index in [0.29, 0.717) is 0 Å². The van der Waals surface area contributed by atoms with Gasteiger partial charge in [0.2, 0.25) is 0 Å². The summed E-state index contributed by atoms with van der Waals surface area (Å²) in [5.74, 6) is -0.556. The van der Waals surface area contributed by atoms with Crippen LogP contribution in [0, 0.1) is 0 Å². The number of alkyl halides is 3. The number of likely N-dealkylation sites (N-methyl/N-ethyl adjacent to an activating group) is 1. The number of halogens is 3. The van der Waals surface area contributed by atoms with Crippen LogP contribution in [0.15, 0.2) is 29.2 Å². The zero-order chi connectivity index (χ0) is 15.6. The van der Waals surface area contributed by atoms with E-state index in [1.54, 1.807) is 0 Å². The molecule has 7 heteroatoms. The van der Waals surface area contributed by atoms with Gasteiger partial charge in [0, 0.05) is 18.5 Å². The Hall–Kier alpha value is -1.21. The number of hydrogen-bond donors (Lipinski definition) is 1. The second kappa shape index (κ2) is 6.05. The number of thioether (sulfide) groups is 1. The van der Waals surface area contributed by atoms with Crippen LogP contribution in [0.1, 0.15) is 24.2 Å². The Balaban J connectivity index is 2.99. The van der Waals surface area contributed by atoms with Gasteiger partial charge in [0.1, 0.15) is 0 Å². The highest BCUT2D eigenvalue weighted by Crippen LogP contribution is 2.38. The van der Waals surface area contributed by atoms with Crippen molar-refractivity contribution < 1.29 is 23.1 Å². The molecule has 112 valence electrons. The maximum atomic E-state index is 12.5.